The van der Waals surface area contributed by atoms with E-state index in [1.165, 1.54) is 38.8 Å². The van der Waals surface area contributed by atoms with Gasteiger partial charge in [0.05, 0.1) is 0 Å². The summed E-state index contributed by atoms with van der Waals surface area (Å²) in [6.45, 7) is 9.65. The summed E-state index contributed by atoms with van der Waals surface area (Å²) in [6, 6.07) is 1.27. The Balaban J connectivity index is 1.96. The number of rotatable bonds is 1. The third kappa shape index (κ3) is 2.43. The lowest BCUT2D eigenvalue weighted by Crippen LogP contribution is -2.53. The van der Waals surface area contributed by atoms with Crippen molar-refractivity contribution >= 4 is 0 Å². The van der Waals surface area contributed by atoms with Crippen LogP contribution in [0.2, 0.25) is 0 Å². The highest BCUT2D eigenvalue weighted by Gasteiger charge is 2.34. The highest BCUT2D eigenvalue weighted by atomic mass is 15.2. The van der Waals surface area contributed by atoms with Gasteiger partial charge in [-0.2, -0.15) is 0 Å². The molecule has 2 rings (SSSR count). The highest BCUT2D eigenvalue weighted by Crippen LogP contribution is 2.34. The van der Waals surface area contributed by atoms with Gasteiger partial charge >= 0.3 is 0 Å². The van der Waals surface area contributed by atoms with E-state index in [-0.39, 0.29) is 0 Å². The normalized spacial score (nSPS) is 46.9. The number of nitrogens with zero attached hydrogens (tertiary/aromatic N) is 1. The number of hydrogen-bond acceptors (Lipinski definition) is 2. The summed E-state index contributed by atoms with van der Waals surface area (Å²) in [6.07, 6.45) is 5.46. The second kappa shape index (κ2) is 5.05. The summed E-state index contributed by atoms with van der Waals surface area (Å²) in [5, 5.41) is 0. The molecule has 2 fully saturated rings. The first-order chi connectivity index (χ1) is 7.59. The van der Waals surface area contributed by atoms with Crippen LogP contribution in [0.1, 0.15) is 46.5 Å². The average Bonchev–Trinajstić information content (AvgIpc) is 2.26. The summed E-state index contributed by atoms with van der Waals surface area (Å²) >= 11 is 0. The maximum atomic E-state index is 6.11. The van der Waals surface area contributed by atoms with Gasteiger partial charge in [0.2, 0.25) is 0 Å². The summed E-state index contributed by atoms with van der Waals surface area (Å²) in [5.41, 5.74) is 6.11. The van der Waals surface area contributed by atoms with E-state index in [0.29, 0.717) is 12.0 Å². The molecular weight excluding hydrogens is 196 g/mol. The van der Waals surface area contributed by atoms with Crippen LogP contribution in [0.5, 0.6) is 0 Å². The van der Waals surface area contributed by atoms with Gasteiger partial charge < -0.3 is 5.73 Å². The maximum Gasteiger partial charge on any atom is 0.0124 e. The van der Waals surface area contributed by atoms with E-state index in [2.05, 4.69) is 25.7 Å². The van der Waals surface area contributed by atoms with Crippen LogP contribution in [-0.4, -0.2) is 30.1 Å². The van der Waals surface area contributed by atoms with Gasteiger partial charge in [0.25, 0.3) is 0 Å². The maximum absolute atomic E-state index is 6.11. The first-order valence-electron chi connectivity index (χ1n) is 7.09. The second-order valence-electron chi connectivity index (χ2n) is 6.26. The van der Waals surface area contributed by atoms with Crippen LogP contribution in [0.25, 0.3) is 0 Å². The van der Waals surface area contributed by atoms with Crippen molar-refractivity contribution in [3.05, 3.63) is 0 Å². The fourth-order valence-corrected chi connectivity index (χ4v) is 3.57. The van der Waals surface area contributed by atoms with Crippen LogP contribution in [0.15, 0.2) is 0 Å². The molecule has 2 N–H and O–H groups in total. The standard InChI is InChI=1S/C14H28N2/c1-10-5-4-6-14(12(10)3)16-8-7-13(15)11(2)9-16/h10-14H,4-9,15H2,1-3H3. The summed E-state index contributed by atoms with van der Waals surface area (Å²) in [4.78, 5) is 2.73. The summed E-state index contributed by atoms with van der Waals surface area (Å²) in [5.74, 6) is 2.46. The van der Waals surface area contributed by atoms with Crippen LogP contribution < -0.4 is 5.73 Å². The van der Waals surface area contributed by atoms with E-state index in [9.17, 15) is 0 Å². The van der Waals surface area contributed by atoms with E-state index in [4.69, 9.17) is 5.73 Å². The molecule has 2 aliphatic rings. The molecule has 1 saturated heterocycles. The van der Waals surface area contributed by atoms with Gasteiger partial charge in [-0.1, -0.05) is 33.6 Å². The van der Waals surface area contributed by atoms with Gasteiger partial charge in [-0.05, 0) is 37.1 Å². The Bertz CT molecular complexity index is 229. The molecule has 2 heteroatoms. The Hall–Kier alpha value is -0.0800. The lowest BCUT2D eigenvalue weighted by Gasteiger charge is -2.46. The molecule has 0 spiro atoms. The molecule has 0 amide bonds. The van der Waals surface area contributed by atoms with Crippen molar-refractivity contribution in [3.8, 4) is 0 Å². The summed E-state index contributed by atoms with van der Waals surface area (Å²) < 4.78 is 0. The topological polar surface area (TPSA) is 29.3 Å². The highest BCUT2D eigenvalue weighted by molar-refractivity contribution is 4.89. The Kier molecular flexibility index (Phi) is 3.91. The smallest absolute Gasteiger partial charge is 0.0124 e. The minimum absolute atomic E-state index is 0.438. The minimum Gasteiger partial charge on any atom is -0.327 e. The molecule has 5 unspecified atom stereocenters. The molecule has 0 bridgehead atoms. The molecule has 2 nitrogen and oxygen atoms in total. The van der Waals surface area contributed by atoms with Gasteiger partial charge in [-0.3, -0.25) is 4.90 Å². The van der Waals surface area contributed by atoms with Gasteiger partial charge in [-0.25, -0.2) is 0 Å². The lowest BCUT2D eigenvalue weighted by atomic mass is 9.76. The first kappa shape index (κ1) is 12.4. The van der Waals surface area contributed by atoms with E-state index in [1.807, 2.05) is 0 Å². The van der Waals surface area contributed by atoms with Gasteiger partial charge in [0.1, 0.15) is 0 Å². The number of piperidine rings is 1. The van der Waals surface area contributed by atoms with E-state index in [1.54, 1.807) is 0 Å². The van der Waals surface area contributed by atoms with Gasteiger partial charge in [-0.15, -0.1) is 0 Å². The van der Waals surface area contributed by atoms with Crippen molar-refractivity contribution in [1.82, 2.24) is 4.90 Å². The van der Waals surface area contributed by atoms with Gasteiger partial charge in [0, 0.05) is 18.6 Å². The quantitative estimate of drug-likeness (QED) is 0.741. The summed E-state index contributed by atoms with van der Waals surface area (Å²) in [7, 11) is 0. The van der Waals surface area contributed by atoms with Crippen LogP contribution in [-0.2, 0) is 0 Å². The fourth-order valence-electron chi connectivity index (χ4n) is 3.57. The zero-order chi connectivity index (χ0) is 11.7. The lowest BCUT2D eigenvalue weighted by molar-refractivity contribution is 0.0433. The Morgan fingerprint density at radius 2 is 1.75 bits per heavy atom. The molecule has 1 aliphatic heterocycles. The van der Waals surface area contributed by atoms with Crippen molar-refractivity contribution in [2.45, 2.75) is 58.5 Å². The van der Waals surface area contributed by atoms with E-state index in [0.717, 1.165) is 17.9 Å². The molecule has 5 atom stereocenters. The van der Waals surface area contributed by atoms with Crippen molar-refractivity contribution < 1.29 is 0 Å². The van der Waals surface area contributed by atoms with Crippen molar-refractivity contribution in [3.63, 3.8) is 0 Å². The predicted molar refractivity (Wildman–Crippen MR) is 69.3 cm³/mol. The Labute approximate surface area is 101 Å². The monoisotopic (exact) mass is 224 g/mol. The zero-order valence-electron chi connectivity index (χ0n) is 11.2. The molecule has 0 aromatic rings. The van der Waals surface area contributed by atoms with Crippen LogP contribution >= 0.6 is 0 Å². The van der Waals surface area contributed by atoms with Crippen molar-refractivity contribution in [2.24, 2.45) is 23.5 Å². The van der Waals surface area contributed by atoms with E-state index < -0.39 is 0 Å². The molecule has 1 aliphatic carbocycles. The molecule has 94 valence electrons. The number of likely N-dealkylation sites (tertiary alicyclic amines) is 1. The molecule has 1 saturated carbocycles. The van der Waals surface area contributed by atoms with Crippen LogP contribution in [0.4, 0.5) is 0 Å². The Morgan fingerprint density at radius 1 is 1.00 bits per heavy atom. The predicted octanol–water partition coefficient (Wildman–Crippen LogP) is 2.48. The van der Waals surface area contributed by atoms with Crippen LogP contribution in [0, 0.1) is 17.8 Å². The van der Waals surface area contributed by atoms with Crippen molar-refractivity contribution in [1.29, 1.82) is 0 Å². The molecule has 0 radical (unpaired) electrons. The molecule has 16 heavy (non-hydrogen) atoms. The molecular formula is C14H28N2. The third-order valence-electron chi connectivity index (χ3n) is 5.14. The first-order valence-corrected chi connectivity index (χ1v) is 7.09. The minimum atomic E-state index is 0.438. The number of nitrogens with two attached hydrogens (primary N) is 1. The van der Waals surface area contributed by atoms with Gasteiger partial charge in [0.15, 0.2) is 0 Å². The zero-order valence-corrected chi connectivity index (χ0v) is 11.2. The third-order valence-corrected chi connectivity index (χ3v) is 5.14. The number of hydrogen-bond donors (Lipinski definition) is 1. The Morgan fingerprint density at radius 3 is 2.44 bits per heavy atom. The molecule has 1 heterocycles. The van der Waals surface area contributed by atoms with E-state index >= 15 is 0 Å². The van der Waals surface area contributed by atoms with Crippen LogP contribution in [0.3, 0.4) is 0 Å². The second-order valence-corrected chi connectivity index (χ2v) is 6.26. The fraction of sp³-hybridized carbons (Fsp3) is 1.00. The van der Waals surface area contributed by atoms with Crippen molar-refractivity contribution in [2.75, 3.05) is 13.1 Å². The molecule has 0 aromatic heterocycles. The molecule has 0 aromatic carbocycles. The SMILES string of the molecule is CC1CN(C2CCCC(C)C2C)CCC1N. The largest absolute Gasteiger partial charge is 0.327 e. The average molecular weight is 224 g/mol.